The molecule has 2 rings (SSSR count). The minimum atomic E-state index is -4.19. The van der Waals surface area contributed by atoms with E-state index in [1.807, 2.05) is 13.0 Å². The fourth-order valence-corrected chi connectivity index (χ4v) is 2.49. The SMILES string of the molecule is Cc1ccc(SCC(F)(F)F)c(NCc2ncc(C)o2)c1. The van der Waals surface area contributed by atoms with E-state index in [1.54, 1.807) is 25.3 Å². The minimum Gasteiger partial charge on any atom is -0.444 e. The summed E-state index contributed by atoms with van der Waals surface area (Å²) in [5.41, 5.74) is 1.62. The van der Waals surface area contributed by atoms with Crippen molar-refractivity contribution in [3.8, 4) is 0 Å². The minimum absolute atomic E-state index is 0.330. The summed E-state index contributed by atoms with van der Waals surface area (Å²) in [7, 11) is 0. The largest absolute Gasteiger partial charge is 0.444 e. The van der Waals surface area contributed by atoms with Gasteiger partial charge in [-0.05, 0) is 31.5 Å². The highest BCUT2D eigenvalue weighted by atomic mass is 32.2. The smallest absolute Gasteiger partial charge is 0.398 e. The van der Waals surface area contributed by atoms with Crippen LogP contribution >= 0.6 is 11.8 Å². The number of nitrogens with one attached hydrogen (secondary N) is 1. The predicted octanol–water partition coefficient (Wildman–Crippen LogP) is 4.56. The number of hydrogen-bond donors (Lipinski definition) is 1. The number of hydrogen-bond acceptors (Lipinski definition) is 4. The number of rotatable bonds is 5. The van der Waals surface area contributed by atoms with Crippen LogP contribution in [0.2, 0.25) is 0 Å². The molecule has 0 amide bonds. The number of aryl methyl sites for hydroxylation is 2. The topological polar surface area (TPSA) is 38.1 Å². The average Bonchev–Trinajstić information content (AvgIpc) is 2.80. The van der Waals surface area contributed by atoms with Crippen molar-refractivity contribution in [2.24, 2.45) is 0 Å². The Hall–Kier alpha value is -1.63. The molecule has 0 saturated heterocycles. The van der Waals surface area contributed by atoms with Crippen LogP contribution in [0, 0.1) is 13.8 Å². The van der Waals surface area contributed by atoms with Gasteiger partial charge in [0.1, 0.15) is 5.76 Å². The molecule has 0 aliphatic rings. The summed E-state index contributed by atoms with van der Waals surface area (Å²) < 4.78 is 42.3. The molecule has 114 valence electrons. The van der Waals surface area contributed by atoms with Crippen molar-refractivity contribution in [3.05, 3.63) is 41.6 Å². The molecule has 3 nitrogen and oxygen atoms in total. The van der Waals surface area contributed by atoms with Gasteiger partial charge in [-0.15, -0.1) is 11.8 Å². The summed E-state index contributed by atoms with van der Waals surface area (Å²) in [6.45, 7) is 4.00. The lowest BCUT2D eigenvalue weighted by molar-refractivity contribution is -0.105. The molecule has 1 aromatic heterocycles. The fourth-order valence-electron chi connectivity index (χ4n) is 1.72. The second kappa shape index (κ2) is 6.43. The van der Waals surface area contributed by atoms with Gasteiger partial charge in [-0.2, -0.15) is 13.2 Å². The first-order valence-corrected chi connectivity index (χ1v) is 7.27. The van der Waals surface area contributed by atoms with Gasteiger partial charge in [-0.3, -0.25) is 0 Å². The Morgan fingerprint density at radius 3 is 2.67 bits per heavy atom. The van der Waals surface area contributed by atoms with Gasteiger partial charge in [-0.25, -0.2) is 4.98 Å². The fraction of sp³-hybridized carbons (Fsp3) is 0.357. The maximum absolute atomic E-state index is 12.3. The molecule has 0 aliphatic carbocycles. The Kier molecular flexibility index (Phi) is 4.82. The molecule has 1 N–H and O–H groups in total. The Morgan fingerprint density at radius 1 is 1.29 bits per heavy atom. The van der Waals surface area contributed by atoms with Gasteiger partial charge >= 0.3 is 6.18 Å². The van der Waals surface area contributed by atoms with Gasteiger partial charge in [0.05, 0.1) is 18.5 Å². The molecule has 7 heteroatoms. The average molecular weight is 316 g/mol. The lowest BCUT2D eigenvalue weighted by Gasteiger charge is -2.12. The third-order valence-electron chi connectivity index (χ3n) is 2.63. The van der Waals surface area contributed by atoms with E-state index in [1.165, 1.54) is 0 Å². The third kappa shape index (κ3) is 5.00. The zero-order chi connectivity index (χ0) is 15.5. The second-order valence-electron chi connectivity index (χ2n) is 4.62. The molecule has 0 saturated carbocycles. The lowest BCUT2D eigenvalue weighted by Crippen LogP contribution is -2.11. The Morgan fingerprint density at radius 2 is 2.05 bits per heavy atom. The Labute approximate surface area is 124 Å². The van der Waals surface area contributed by atoms with Gasteiger partial charge < -0.3 is 9.73 Å². The third-order valence-corrected chi connectivity index (χ3v) is 3.76. The molecule has 0 radical (unpaired) electrons. The van der Waals surface area contributed by atoms with E-state index in [9.17, 15) is 13.2 Å². The van der Waals surface area contributed by atoms with Crippen molar-refractivity contribution in [3.63, 3.8) is 0 Å². The standard InChI is InChI=1S/C14H15F3N2OS/c1-9-3-4-12(21-8-14(15,16)17)11(5-9)18-7-13-19-6-10(2)20-13/h3-6,18H,7-8H2,1-2H3. The van der Waals surface area contributed by atoms with Crippen molar-refractivity contribution in [1.29, 1.82) is 0 Å². The summed E-state index contributed by atoms with van der Waals surface area (Å²) in [5, 5.41) is 3.08. The highest BCUT2D eigenvalue weighted by Gasteiger charge is 2.27. The van der Waals surface area contributed by atoms with E-state index in [-0.39, 0.29) is 0 Å². The number of alkyl halides is 3. The van der Waals surface area contributed by atoms with Gasteiger partial charge in [0.25, 0.3) is 0 Å². The number of aromatic nitrogens is 1. The van der Waals surface area contributed by atoms with Crippen LogP contribution in [0.1, 0.15) is 17.2 Å². The van der Waals surface area contributed by atoms with Crippen LogP contribution in [0.4, 0.5) is 18.9 Å². The Balaban J connectivity index is 2.07. The number of anilines is 1. The first kappa shape index (κ1) is 15.8. The highest BCUT2D eigenvalue weighted by molar-refractivity contribution is 7.99. The monoisotopic (exact) mass is 316 g/mol. The van der Waals surface area contributed by atoms with E-state index in [0.717, 1.165) is 17.3 Å². The molecule has 1 aromatic carbocycles. The molecule has 0 bridgehead atoms. The van der Waals surface area contributed by atoms with E-state index in [2.05, 4.69) is 10.3 Å². The predicted molar refractivity (Wildman–Crippen MR) is 76.5 cm³/mol. The van der Waals surface area contributed by atoms with E-state index in [4.69, 9.17) is 4.42 Å². The van der Waals surface area contributed by atoms with Crippen molar-refractivity contribution < 1.29 is 17.6 Å². The van der Waals surface area contributed by atoms with Gasteiger partial charge in [0.2, 0.25) is 5.89 Å². The van der Waals surface area contributed by atoms with E-state index >= 15 is 0 Å². The maximum atomic E-state index is 12.3. The summed E-state index contributed by atoms with van der Waals surface area (Å²) in [6, 6.07) is 5.29. The normalized spacial score (nSPS) is 11.7. The number of halogens is 3. The van der Waals surface area contributed by atoms with Crippen molar-refractivity contribution in [2.75, 3.05) is 11.1 Å². The van der Waals surface area contributed by atoms with Crippen molar-refractivity contribution in [1.82, 2.24) is 4.98 Å². The van der Waals surface area contributed by atoms with Crippen molar-refractivity contribution in [2.45, 2.75) is 31.5 Å². The summed E-state index contributed by atoms with van der Waals surface area (Å²) in [6.07, 6.45) is -2.58. The first-order chi connectivity index (χ1) is 9.83. The molecule has 0 fully saturated rings. The van der Waals surface area contributed by atoms with Crippen LogP contribution in [0.3, 0.4) is 0 Å². The maximum Gasteiger partial charge on any atom is 0.398 e. The van der Waals surface area contributed by atoms with Crippen LogP contribution in [0.5, 0.6) is 0 Å². The van der Waals surface area contributed by atoms with Gasteiger partial charge in [0.15, 0.2) is 0 Å². The molecule has 0 atom stereocenters. The summed E-state index contributed by atoms with van der Waals surface area (Å²) in [4.78, 5) is 4.61. The molecule has 21 heavy (non-hydrogen) atoms. The molecule has 0 unspecified atom stereocenters. The zero-order valence-electron chi connectivity index (χ0n) is 11.6. The Bertz CT molecular complexity index is 611. The quantitative estimate of drug-likeness (QED) is 0.821. The highest BCUT2D eigenvalue weighted by Crippen LogP contribution is 2.33. The van der Waals surface area contributed by atoms with Crippen molar-refractivity contribution >= 4 is 17.4 Å². The first-order valence-electron chi connectivity index (χ1n) is 6.29. The number of benzene rings is 1. The van der Waals surface area contributed by atoms with Crippen LogP contribution in [-0.4, -0.2) is 16.9 Å². The van der Waals surface area contributed by atoms with Gasteiger partial charge in [-0.1, -0.05) is 6.07 Å². The number of nitrogens with zero attached hydrogens (tertiary/aromatic N) is 1. The second-order valence-corrected chi connectivity index (χ2v) is 5.64. The molecule has 2 aromatic rings. The van der Waals surface area contributed by atoms with Crippen LogP contribution in [-0.2, 0) is 6.54 Å². The van der Waals surface area contributed by atoms with Crippen LogP contribution in [0.25, 0.3) is 0 Å². The van der Waals surface area contributed by atoms with E-state index in [0.29, 0.717) is 28.8 Å². The van der Waals surface area contributed by atoms with Crippen LogP contribution < -0.4 is 5.32 Å². The molecule has 0 aliphatic heterocycles. The zero-order valence-corrected chi connectivity index (χ0v) is 12.4. The number of oxazole rings is 1. The molecule has 0 spiro atoms. The summed E-state index contributed by atoms with van der Waals surface area (Å²) in [5.74, 6) is 0.284. The number of thioether (sulfide) groups is 1. The van der Waals surface area contributed by atoms with Gasteiger partial charge in [0, 0.05) is 10.6 Å². The van der Waals surface area contributed by atoms with E-state index < -0.39 is 11.9 Å². The lowest BCUT2D eigenvalue weighted by atomic mass is 10.2. The molecular weight excluding hydrogens is 301 g/mol. The van der Waals surface area contributed by atoms with Crippen LogP contribution in [0.15, 0.2) is 33.7 Å². The summed E-state index contributed by atoms with van der Waals surface area (Å²) >= 11 is 0.765. The molecular formula is C14H15F3N2OS. The molecule has 1 heterocycles.